The van der Waals surface area contributed by atoms with Crippen LogP contribution in [0.3, 0.4) is 0 Å². The van der Waals surface area contributed by atoms with Gasteiger partial charge in [-0.25, -0.2) is 0 Å². The minimum atomic E-state index is 0.0306. The summed E-state index contributed by atoms with van der Waals surface area (Å²) < 4.78 is 0. The first-order chi connectivity index (χ1) is 18.5. The molecule has 0 spiro atoms. The minimum Gasteiger partial charge on any atom is -0.353 e. The van der Waals surface area contributed by atoms with Gasteiger partial charge in [0.05, 0.1) is 0 Å². The molecule has 3 N–H and O–H groups in total. The minimum absolute atomic E-state index is 0.0306. The van der Waals surface area contributed by atoms with Crippen molar-refractivity contribution in [2.24, 2.45) is 23.5 Å². The van der Waals surface area contributed by atoms with Gasteiger partial charge in [0, 0.05) is 38.1 Å². The van der Waals surface area contributed by atoms with E-state index < -0.39 is 0 Å². The second-order valence-corrected chi connectivity index (χ2v) is 12.4. The van der Waals surface area contributed by atoms with E-state index in [2.05, 4.69) is 31.3 Å². The molecule has 1 heterocycles. The van der Waals surface area contributed by atoms with E-state index in [1.807, 2.05) is 73.7 Å². The molecule has 0 aromatic heterocycles. The standard InChI is InChI=1S/C22H22Cl3NO.C10H12ClN/c1-11-9-17(16-8-7-15(24)10-18(16)25)21(13-3-5-14(23)6-4-13)20-12(2)26-22(27)19(11)20;1-8(12)2-3-9-4-6-10(11)7-5-9/h3-8,10-12,17,19-21H,9H2,1-2H3,(H,26,27);2-8H,12H2,1H3/b;3-2-/t11-,12-,17+,19-,20-,21+;8-/m11/s1. The zero-order valence-electron chi connectivity index (χ0n) is 22.3. The molecule has 5 rings (SSSR count). The topological polar surface area (TPSA) is 55.1 Å². The molecule has 3 nitrogen and oxygen atoms in total. The largest absolute Gasteiger partial charge is 0.353 e. The van der Waals surface area contributed by atoms with E-state index in [9.17, 15) is 4.79 Å². The van der Waals surface area contributed by atoms with Gasteiger partial charge in [0.15, 0.2) is 0 Å². The normalized spacial score (nSPS) is 26.9. The highest BCUT2D eigenvalue weighted by molar-refractivity contribution is 6.35. The molecule has 0 unspecified atom stereocenters. The number of halogens is 4. The Morgan fingerprint density at radius 1 is 0.872 bits per heavy atom. The number of hydrogen-bond acceptors (Lipinski definition) is 2. The summed E-state index contributed by atoms with van der Waals surface area (Å²) in [5, 5.41) is 5.99. The number of fused-ring (bicyclic) bond motifs is 1. The van der Waals surface area contributed by atoms with Gasteiger partial charge in [-0.2, -0.15) is 0 Å². The van der Waals surface area contributed by atoms with Gasteiger partial charge in [-0.1, -0.05) is 95.8 Å². The number of hydrogen-bond donors (Lipinski definition) is 2. The van der Waals surface area contributed by atoms with Crippen molar-refractivity contribution in [3.63, 3.8) is 0 Å². The van der Waals surface area contributed by atoms with Gasteiger partial charge in [0.2, 0.25) is 5.91 Å². The predicted octanol–water partition coefficient (Wildman–Crippen LogP) is 9.01. The van der Waals surface area contributed by atoms with Crippen LogP contribution in [0.4, 0.5) is 0 Å². The first-order valence-electron chi connectivity index (χ1n) is 13.2. The van der Waals surface area contributed by atoms with Crippen molar-refractivity contribution in [1.29, 1.82) is 0 Å². The van der Waals surface area contributed by atoms with Gasteiger partial charge in [-0.05, 0) is 97.0 Å². The second-order valence-electron chi connectivity index (χ2n) is 10.7. The number of amides is 1. The van der Waals surface area contributed by atoms with Gasteiger partial charge >= 0.3 is 0 Å². The summed E-state index contributed by atoms with van der Waals surface area (Å²) in [5.41, 5.74) is 9.00. The van der Waals surface area contributed by atoms with Crippen LogP contribution < -0.4 is 11.1 Å². The lowest BCUT2D eigenvalue weighted by molar-refractivity contribution is -0.125. The van der Waals surface area contributed by atoms with E-state index in [1.54, 1.807) is 0 Å². The molecule has 1 saturated carbocycles. The average Bonchev–Trinajstić information content (AvgIpc) is 3.19. The van der Waals surface area contributed by atoms with Crippen LogP contribution in [0.1, 0.15) is 55.7 Å². The zero-order valence-corrected chi connectivity index (χ0v) is 25.3. The number of carbonyl (C=O) groups excluding carboxylic acids is 1. The highest BCUT2D eigenvalue weighted by atomic mass is 35.5. The smallest absolute Gasteiger partial charge is 0.223 e. The van der Waals surface area contributed by atoms with Gasteiger partial charge < -0.3 is 11.1 Å². The molecule has 0 bridgehead atoms. The van der Waals surface area contributed by atoms with Crippen LogP contribution in [-0.2, 0) is 4.79 Å². The molecule has 39 heavy (non-hydrogen) atoms. The maximum absolute atomic E-state index is 12.6. The summed E-state index contributed by atoms with van der Waals surface area (Å²) in [5.74, 6) is 1.14. The van der Waals surface area contributed by atoms with Crippen LogP contribution in [0, 0.1) is 17.8 Å². The molecule has 7 heteroatoms. The Labute approximate surface area is 251 Å². The summed E-state index contributed by atoms with van der Waals surface area (Å²) in [7, 11) is 0. The van der Waals surface area contributed by atoms with E-state index in [4.69, 9.17) is 52.1 Å². The lowest BCUT2D eigenvalue weighted by Gasteiger charge is -2.44. The van der Waals surface area contributed by atoms with Gasteiger partial charge in [0.1, 0.15) is 0 Å². The van der Waals surface area contributed by atoms with Crippen molar-refractivity contribution in [3.05, 3.63) is 110 Å². The zero-order chi connectivity index (χ0) is 28.3. The van der Waals surface area contributed by atoms with E-state index in [0.29, 0.717) is 21.0 Å². The van der Waals surface area contributed by atoms with Crippen LogP contribution in [-0.4, -0.2) is 18.0 Å². The maximum Gasteiger partial charge on any atom is 0.223 e. The summed E-state index contributed by atoms with van der Waals surface area (Å²) in [4.78, 5) is 12.6. The molecule has 3 aromatic rings. The van der Waals surface area contributed by atoms with E-state index in [0.717, 1.165) is 22.6 Å². The van der Waals surface area contributed by atoms with E-state index in [1.165, 1.54) is 5.56 Å². The molecule has 2 fully saturated rings. The third-order valence-electron chi connectivity index (χ3n) is 7.83. The van der Waals surface area contributed by atoms with Crippen molar-refractivity contribution in [2.75, 3.05) is 0 Å². The number of carbonyl (C=O) groups is 1. The third kappa shape index (κ3) is 7.20. The maximum atomic E-state index is 12.6. The molecule has 1 amide bonds. The van der Waals surface area contributed by atoms with Crippen molar-refractivity contribution in [2.45, 2.75) is 51.1 Å². The van der Waals surface area contributed by atoms with Crippen LogP contribution in [0.5, 0.6) is 0 Å². The molecule has 0 radical (unpaired) electrons. The number of benzene rings is 3. The Kier molecular flexibility index (Phi) is 10.1. The van der Waals surface area contributed by atoms with Crippen LogP contribution in [0.25, 0.3) is 6.08 Å². The Hall–Kier alpha value is -2.01. The molecule has 1 saturated heterocycles. The first-order valence-corrected chi connectivity index (χ1v) is 14.8. The monoisotopic (exact) mass is 602 g/mol. The molecular weight excluding hydrogens is 570 g/mol. The van der Waals surface area contributed by atoms with Crippen molar-refractivity contribution >= 4 is 58.4 Å². The van der Waals surface area contributed by atoms with Crippen molar-refractivity contribution in [1.82, 2.24) is 5.32 Å². The lowest BCUT2D eigenvalue weighted by atomic mass is 9.58. The summed E-state index contributed by atoms with van der Waals surface area (Å²) >= 11 is 24.6. The van der Waals surface area contributed by atoms with E-state index in [-0.39, 0.29) is 41.7 Å². The van der Waals surface area contributed by atoms with Crippen LogP contribution in [0.2, 0.25) is 20.1 Å². The van der Waals surface area contributed by atoms with Crippen molar-refractivity contribution < 1.29 is 4.79 Å². The summed E-state index contributed by atoms with van der Waals surface area (Å²) in [6.45, 7) is 6.24. The van der Waals surface area contributed by atoms with Crippen molar-refractivity contribution in [3.8, 4) is 0 Å². The fraction of sp³-hybridized carbons (Fsp3) is 0.344. The fourth-order valence-electron chi connectivity index (χ4n) is 6.14. The fourth-order valence-corrected chi connectivity index (χ4v) is 6.94. The Morgan fingerprint density at radius 2 is 1.46 bits per heavy atom. The number of nitrogens with two attached hydrogens (primary N) is 1. The second kappa shape index (κ2) is 13.1. The molecule has 1 aliphatic heterocycles. The third-order valence-corrected chi connectivity index (χ3v) is 8.90. The SMILES string of the molecule is C[C@@H](N)/C=C\c1ccc(Cl)cc1.C[C@@H]1C[C@@H](c2ccc(Cl)cc2Cl)[C@H](c2ccc(Cl)cc2)[C@H]2[C@@H]1C(=O)N[C@@H]2C. The van der Waals surface area contributed by atoms with Crippen LogP contribution >= 0.6 is 46.4 Å². The molecule has 206 valence electrons. The van der Waals surface area contributed by atoms with Gasteiger partial charge in [-0.15, -0.1) is 0 Å². The highest BCUT2D eigenvalue weighted by Crippen LogP contribution is 2.56. The Morgan fingerprint density at radius 3 is 2.05 bits per heavy atom. The quantitative estimate of drug-likeness (QED) is 0.312. The Balaban J connectivity index is 0.000000247. The number of rotatable bonds is 4. The number of nitrogens with one attached hydrogen (secondary N) is 1. The molecule has 1 aliphatic carbocycles. The summed E-state index contributed by atoms with van der Waals surface area (Å²) in [6.07, 6.45) is 4.85. The van der Waals surface area contributed by atoms with E-state index >= 15 is 0 Å². The highest BCUT2D eigenvalue weighted by Gasteiger charge is 2.53. The van der Waals surface area contributed by atoms with Crippen LogP contribution in [0.15, 0.2) is 72.8 Å². The predicted molar refractivity (Wildman–Crippen MR) is 166 cm³/mol. The average molecular weight is 604 g/mol. The van der Waals surface area contributed by atoms with Gasteiger partial charge in [0.25, 0.3) is 0 Å². The molecular formula is C32H34Cl4N2O. The first kappa shape index (κ1) is 30.0. The lowest BCUT2D eigenvalue weighted by Crippen LogP contribution is -2.39. The molecule has 3 aromatic carbocycles. The molecule has 2 aliphatic rings. The molecule has 7 atom stereocenters. The summed E-state index contributed by atoms with van der Waals surface area (Å²) in [6, 6.07) is 21.7. The van der Waals surface area contributed by atoms with Gasteiger partial charge in [-0.3, -0.25) is 4.79 Å². The Bertz CT molecular complexity index is 1310.